The number of unbranched alkanes of at least 4 members (excludes halogenated alkanes) is 3. The van der Waals surface area contributed by atoms with Crippen molar-refractivity contribution in [2.75, 3.05) is 31.5 Å². The summed E-state index contributed by atoms with van der Waals surface area (Å²) in [4.78, 5) is 7.48. The fraction of sp³-hybridized carbons (Fsp3) is 0.696. The second kappa shape index (κ2) is 10.7. The van der Waals surface area contributed by atoms with Crippen LogP contribution >= 0.6 is 0 Å². The topological polar surface area (TPSA) is 53.6 Å². The van der Waals surface area contributed by atoms with Crippen molar-refractivity contribution in [3.8, 4) is 0 Å². The molecule has 0 aliphatic carbocycles. The Morgan fingerprint density at radius 3 is 2.22 bits per heavy atom. The number of guanidine groups is 1. The van der Waals surface area contributed by atoms with Gasteiger partial charge in [0.15, 0.2) is 5.96 Å². The first-order valence-electron chi connectivity index (χ1n) is 10.7. The first-order valence-corrected chi connectivity index (χ1v) is 10.7. The third-order valence-electron chi connectivity index (χ3n) is 5.46. The average molecular weight is 373 g/mol. The fourth-order valence-corrected chi connectivity index (χ4v) is 4.34. The summed E-state index contributed by atoms with van der Waals surface area (Å²) in [6.45, 7) is 15.1. The predicted octanol–water partition coefficient (Wildman–Crippen LogP) is 4.88. The van der Waals surface area contributed by atoms with Gasteiger partial charge in [-0.2, -0.15) is 0 Å². The largest absolute Gasteiger partial charge is 0.342 e. The molecule has 0 saturated carbocycles. The molecule has 1 aromatic carbocycles. The highest BCUT2D eigenvalue weighted by atomic mass is 15.3. The van der Waals surface area contributed by atoms with E-state index in [2.05, 4.69) is 57.0 Å². The van der Waals surface area contributed by atoms with Gasteiger partial charge in [0.25, 0.3) is 0 Å². The van der Waals surface area contributed by atoms with Gasteiger partial charge in [-0.15, -0.1) is 0 Å². The van der Waals surface area contributed by atoms with Gasteiger partial charge in [0.1, 0.15) is 0 Å². The molecule has 2 atom stereocenters. The number of likely N-dealkylation sites (tertiary alicyclic amines) is 1. The number of hydrogen-bond acceptors (Lipinski definition) is 2. The van der Waals surface area contributed by atoms with E-state index in [-0.39, 0.29) is 0 Å². The Morgan fingerprint density at radius 1 is 1.04 bits per heavy atom. The van der Waals surface area contributed by atoms with Crippen LogP contribution in [0.4, 0.5) is 5.69 Å². The molecule has 1 aliphatic rings. The predicted molar refractivity (Wildman–Crippen MR) is 119 cm³/mol. The number of aliphatic imine (C=N–C) groups is 1. The van der Waals surface area contributed by atoms with Crippen molar-refractivity contribution in [3.63, 3.8) is 0 Å². The van der Waals surface area contributed by atoms with Gasteiger partial charge in [-0.1, -0.05) is 44.4 Å². The Morgan fingerprint density at radius 2 is 1.63 bits per heavy atom. The minimum atomic E-state index is 0.713. The molecule has 4 nitrogen and oxygen atoms in total. The Bertz CT molecular complexity index is 590. The van der Waals surface area contributed by atoms with E-state index in [9.17, 15) is 0 Å². The van der Waals surface area contributed by atoms with Crippen LogP contribution in [0.25, 0.3) is 0 Å². The molecular weight excluding hydrogens is 332 g/mol. The molecule has 0 bridgehead atoms. The number of hydrogen-bond donors (Lipinski definition) is 2. The summed E-state index contributed by atoms with van der Waals surface area (Å²) >= 11 is 0. The van der Waals surface area contributed by atoms with Gasteiger partial charge in [0, 0.05) is 25.3 Å². The lowest BCUT2D eigenvalue weighted by molar-refractivity contribution is 0.213. The molecular formula is C23H40N4. The second-order valence-corrected chi connectivity index (χ2v) is 8.66. The number of rotatable bonds is 7. The standard InChI is InChI=1S/C23H40N4/c1-17-13-20(4)22(21(5)14-17)26-23(25-11-9-7-6-8-10-24)27-15-18(2)12-19(3)16-27/h13-14,18-19H,6-12,15-16,24H2,1-5H3,(H,25,26). The van der Waals surface area contributed by atoms with Gasteiger partial charge in [0.05, 0.1) is 0 Å². The van der Waals surface area contributed by atoms with Crippen LogP contribution in [0.1, 0.15) is 62.6 Å². The van der Waals surface area contributed by atoms with Crippen LogP contribution in [-0.4, -0.2) is 37.0 Å². The first kappa shape index (κ1) is 21.7. The molecule has 4 heteroatoms. The lowest BCUT2D eigenvalue weighted by Gasteiger charge is -2.37. The molecule has 1 heterocycles. The van der Waals surface area contributed by atoms with Gasteiger partial charge >= 0.3 is 0 Å². The Labute approximate surface area is 166 Å². The van der Waals surface area contributed by atoms with Crippen molar-refractivity contribution >= 4 is 11.6 Å². The van der Waals surface area contributed by atoms with Crippen molar-refractivity contribution in [1.82, 2.24) is 4.90 Å². The van der Waals surface area contributed by atoms with E-state index in [0.29, 0.717) is 11.8 Å². The summed E-state index contributed by atoms with van der Waals surface area (Å²) in [6, 6.07) is 4.50. The molecule has 2 unspecified atom stereocenters. The average Bonchev–Trinajstić information content (AvgIpc) is 2.58. The van der Waals surface area contributed by atoms with E-state index in [1.54, 1.807) is 0 Å². The van der Waals surface area contributed by atoms with Crippen molar-refractivity contribution in [2.24, 2.45) is 22.6 Å². The number of piperidine rings is 1. The summed E-state index contributed by atoms with van der Waals surface area (Å²) in [5, 5.41) is 3.71. The third-order valence-corrected chi connectivity index (χ3v) is 5.46. The molecule has 1 aromatic rings. The normalized spacial score (nSPS) is 20.8. The van der Waals surface area contributed by atoms with Crippen LogP contribution in [0.3, 0.4) is 0 Å². The summed E-state index contributed by atoms with van der Waals surface area (Å²) in [5.74, 6) is 2.48. The zero-order valence-corrected chi connectivity index (χ0v) is 18.1. The second-order valence-electron chi connectivity index (χ2n) is 8.66. The highest BCUT2D eigenvalue weighted by molar-refractivity contribution is 5.95. The number of anilines is 1. The first-order chi connectivity index (χ1) is 12.9. The quantitative estimate of drug-likeness (QED) is 0.407. The lowest BCUT2D eigenvalue weighted by Crippen LogP contribution is -2.46. The maximum absolute atomic E-state index is 5.60. The summed E-state index contributed by atoms with van der Waals surface area (Å²) < 4.78 is 0. The summed E-state index contributed by atoms with van der Waals surface area (Å²) in [6.07, 6.45) is 5.99. The Balaban J connectivity index is 2.14. The van der Waals surface area contributed by atoms with Crippen LogP contribution in [0.2, 0.25) is 0 Å². The molecule has 1 saturated heterocycles. The van der Waals surface area contributed by atoms with Gasteiger partial charge in [-0.05, 0) is 69.5 Å². The molecule has 0 spiro atoms. The van der Waals surface area contributed by atoms with Gasteiger partial charge in [0.2, 0.25) is 0 Å². The van der Waals surface area contributed by atoms with Crippen LogP contribution in [0.15, 0.2) is 17.1 Å². The van der Waals surface area contributed by atoms with Gasteiger partial charge < -0.3 is 16.0 Å². The minimum Gasteiger partial charge on any atom is -0.342 e. The van der Waals surface area contributed by atoms with Crippen molar-refractivity contribution < 1.29 is 0 Å². The van der Waals surface area contributed by atoms with Gasteiger partial charge in [-0.3, -0.25) is 4.99 Å². The summed E-state index contributed by atoms with van der Waals surface area (Å²) in [5.41, 5.74) is 10.7. The number of nitrogens with zero attached hydrogens (tertiary/aromatic N) is 2. The fourth-order valence-electron chi connectivity index (χ4n) is 4.34. The molecule has 3 N–H and O–H groups in total. The van der Waals surface area contributed by atoms with Gasteiger partial charge in [-0.25, -0.2) is 0 Å². The maximum Gasteiger partial charge on any atom is 0.198 e. The van der Waals surface area contributed by atoms with E-state index in [4.69, 9.17) is 10.7 Å². The number of nitrogens with one attached hydrogen (secondary N) is 1. The van der Waals surface area contributed by atoms with Crippen molar-refractivity contribution in [2.45, 2.75) is 66.7 Å². The molecule has 152 valence electrons. The summed E-state index contributed by atoms with van der Waals surface area (Å²) in [7, 11) is 0. The number of benzene rings is 1. The highest BCUT2D eigenvalue weighted by Gasteiger charge is 2.24. The zero-order valence-electron chi connectivity index (χ0n) is 18.1. The molecule has 1 fully saturated rings. The smallest absolute Gasteiger partial charge is 0.198 e. The molecule has 1 aliphatic heterocycles. The van der Waals surface area contributed by atoms with E-state index < -0.39 is 0 Å². The third kappa shape index (κ3) is 6.84. The van der Waals surface area contributed by atoms with E-state index in [1.807, 2.05) is 0 Å². The Hall–Kier alpha value is -1.55. The lowest BCUT2D eigenvalue weighted by atomic mass is 9.92. The molecule has 0 aromatic heterocycles. The SMILES string of the molecule is Cc1cc(C)c(NC(=NCCCCCCN)N2CC(C)CC(C)C2)c(C)c1. The van der Waals surface area contributed by atoms with Crippen LogP contribution in [0, 0.1) is 32.6 Å². The molecule has 27 heavy (non-hydrogen) atoms. The van der Waals surface area contributed by atoms with E-state index in [0.717, 1.165) is 45.0 Å². The monoisotopic (exact) mass is 372 g/mol. The van der Waals surface area contributed by atoms with E-state index in [1.165, 1.54) is 41.6 Å². The molecule has 2 rings (SSSR count). The molecule has 0 radical (unpaired) electrons. The molecule has 0 amide bonds. The minimum absolute atomic E-state index is 0.713. The van der Waals surface area contributed by atoms with Crippen LogP contribution in [-0.2, 0) is 0 Å². The van der Waals surface area contributed by atoms with Crippen LogP contribution < -0.4 is 11.1 Å². The van der Waals surface area contributed by atoms with Crippen molar-refractivity contribution in [3.05, 3.63) is 28.8 Å². The Kier molecular flexibility index (Phi) is 8.62. The zero-order chi connectivity index (χ0) is 19.8. The van der Waals surface area contributed by atoms with Crippen LogP contribution in [0.5, 0.6) is 0 Å². The maximum atomic E-state index is 5.60. The van der Waals surface area contributed by atoms with E-state index >= 15 is 0 Å². The van der Waals surface area contributed by atoms with Crippen molar-refractivity contribution in [1.29, 1.82) is 0 Å². The number of nitrogens with two attached hydrogens (primary N) is 1. The number of aryl methyl sites for hydroxylation is 3. The highest BCUT2D eigenvalue weighted by Crippen LogP contribution is 2.25.